The predicted molar refractivity (Wildman–Crippen MR) is 122 cm³/mol. The van der Waals surface area contributed by atoms with Crippen molar-refractivity contribution in [3.63, 3.8) is 0 Å². The second-order valence-electron chi connectivity index (χ2n) is 6.65. The summed E-state index contributed by atoms with van der Waals surface area (Å²) in [5, 5.41) is 24.3. The molecule has 0 amide bonds. The summed E-state index contributed by atoms with van der Waals surface area (Å²) in [5.74, 6) is -0.318. The quantitative estimate of drug-likeness (QED) is 0.358. The SMILES string of the molecule is O=c1ccc(-c2nnc(-c3cccc(Cl)c3)s2)nn1Cc1nnc(-c2ccc(F)cc2)s1. The summed E-state index contributed by atoms with van der Waals surface area (Å²) in [6.07, 6.45) is 0. The average Bonchev–Trinajstić information content (AvgIpc) is 3.46. The van der Waals surface area contributed by atoms with Gasteiger partial charge in [-0.25, -0.2) is 9.07 Å². The van der Waals surface area contributed by atoms with E-state index in [1.807, 2.05) is 18.2 Å². The van der Waals surface area contributed by atoms with E-state index in [0.717, 1.165) is 11.1 Å². The van der Waals surface area contributed by atoms with Crippen LogP contribution >= 0.6 is 34.3 Å². The minimum atomic E-state index is -0.318. The summed E-state index contributed by atoms with van der Waals surface area (Å²) >= 11 is 8.73. The molecule has 5 aromatic rings. The average molecular weight is 483 g/mol. The number of rotatable bonds is 5. The molecule has 0 spiro atoms. The van der Waals surface area contributed by atoms with Crippen molar-refractivity contribution in [2.75, 3.05) is 0 Å². The van der Waals surface area contributed by atoms with Gasteiger partial charge in [0, 0.05) is 22.2 Å². The van der Waals surface area contributed by atoms with Gasteiger partial charge < -0.3 is 0 Å². The van der Waals surface area contributed by atoms with Crippen LogP contribution in [-0.2, 0) is 6.54 Å². The highest BCUT2D eigenvalue weighted by atomic mass is 35.5. The highest BCUT2D eigenvalue weighted by molar-refractivity contribution is 7.17. The first-order valence-corrected chi connectivity index (χ1v) is 11.3. The molecule has 0 aliphatic heterocycles. The molecule has 0 saturated heterocycles. The first-order valence-electron chi connectivity index (χ1n) is 9.31. The third-order valence-electron chi connectivity index (χ3n) is 4.43. The van der Waals surface area contributed by atoms with Crippen LogP contribution in [0.4, 0.5) is 4.39 Å². The lowest BCUT2D eigenvalue weighted by atomic mass is 10.2. The van der Waals surface area contributed by atoms with E-state index < -0.39 is 0 Å². The number of halogens is 2. The Kier molecular flexibility index (Phi) is 5.56. The number of hydrogen-bond acceptors (Lipinski definition) is 8. The summed E-state index contributed by atoms with van der Waals surface area (Å²) in [7, 11) is 0. The van der Waals surface area contributed by atoms with E-state index in [4.69, 9.17) is 11.6 Å². The number of nitrogens with zero attached hydrogens (tertiary/aromatic N) is 6. The molecule has 7 nitrogen and oxygen atoms in total. The molecular formula is C21H12ClFN6OS2. The molecule has 0 atom stereocenters. The lowest BCUT2D eigenvalue weighted by molar-refractivity contribution is 0.628. The van der Waals surface area contributed by atoms with Crippen molar-refractivity contribution in [1.29, 1.82) is 0 Å². The van der Waals surface area contributed by atoms with E-state index in [-0.39, 0.29) is 17.9 Å². The predicted octanol–water partition coefficient (Wildman–Crippen LogP) is 4.79. The van der Waals surface area contributed by atoms with Crippen LogP contribution in [0.2, 0.25) is 5.02 Å². The summed E-state index contributed by atoms with van der Waals surface area (Å²) < 4.78 is 14.4. The van der Waals surface area contributed by atoms with Gasteiger partial charge >= 0.3 is 0 Å². The van der Waals surface area contributed by atoms with Crippen molar-refractivity contribution in [1.82, 2.24) is 30.2 Å². The molecule has 0 radical (unpaired) electrons. The Morgan fingerprint density at radius 2 is 1.59 bits per heavy atom. The van der Waals surface area contributed by atoms with Gasteiger partial charge in [0.1, 0.15) is 26.5 Å². The molecule has 3 aromatic heterocycles. The molecule has 0 fully saturated rings. The largest absolute Gasteiger partial charge is 0.268 e. The van der Waals surface area contributed by atoms with E-state index in [1.165, 1.54) is 45.6 Å². The molecule has 5 rings (SSSR count). The van der Waals surface area contributed by atoms with E-state index >= 15 is 0 Å². The van der Waals surface area contributed by atoms with Gasteiger partial charge in [0.15, 0.2) is 5.01 Å². The van der Waals surface area contributed by atoms with Gasteiger partial charge in [0.25, 0.3) is 5.56 Å². The van der Waals surface area contributed by atoms with Gasteiger partial charge in [-0.2, -0.15) is 5.10 Å². The fraction of sp³-hybridized carbons (Fsp3) is 0.0476. The summed E-state index contributed by atoms with van der Waals surface area (Å²) in [4.78, 5) is 12.4. The number of hydrogen-bond donors (Lipinski definition) is 0. The molecule has 158 valence electrons. The minimum Gasteiger partial charge on any atom is -0.268 e. The molecule has 0 bridgehead atoms. The monoisotopic (exact) mass is 482 g/mol. The normalized spacial score (nSPS) is 11.1. The van der Waals surface area contributed by atoms with Gasteiger partial charge in [0.05, 0.1) is 6.54 Å². The summed E-state index contributed by atoms with van der Waals surface area (Å²) in [5.41, 5.74) is 1.87. The van der Waals surface area contributed by atoms with Crippen LogP contribution in [0.1, 0.15) is 5.01 Å². The molecule has 3 heterocycles. The molecule has 2 aromatic carbocycles. The fourth-order valence-electron chi connectivity index (χ4n) is 2.90. The van der Waals surface area contributed by atoms with Crippen molar-refractivity contribution >= 4 is 34.3 Å². The second-order valence-corrected chi connectivity index (χ2v) is 9.12. The summed E-state index contributed by atoms with van der Waals surface area (Å²) in [6.45, 7) is 0.158. The van der Waals surface area contributed by atoms with Crippen LogP contribution in [-0.4, -0.2) is 30.2 Å². The lowest BCUT2D eigenvalue weighted by Crippen LogP contribution is -2.22. The molecule has 0 saturated carbocycles. The van der Waals surface area contributed by atoms with Crippen molar-refractivity contribution < 1.29 is 4.39 Å². The first kappa shape index (κ1) is 20.6. The standard InChI is InChI=1S/C21H12ClFN6OS2/c22-14-3-1-2-13(10-14)20-26-27-21(32-20)16-8-9-18(30)29(28-16)11-17-24-25-19(31-17)12-4-6-15(23)7-5-12/h1-10H,11H2. The summed E-state index contributed by atoms with van der Waals surface area (Å²) in [6, 6.07) is 16.4. The third-order valence-corrected chi connectivity index (χ3v) is 6.61. The van der Waals surface area contributed by atoms with Crippen LogP contribution in [0.25, 0.3) is 31.8 Å². The number of benzene rings is 2. The van der Waals surface area contributed by atoms with Crippen molar-refractivity contribution in [2.24, 2.45) is 0 Å². The molecule has 0 unspecified atom stereocenters. The molecule has 0 N–H and O–H groups in total. The maximum atomic E-state index is 13.1. The van der Waals surface area contributed by atoms with Gasteiger partial charge in [-0.3, -0.25) is 4.79 Å². The van der Waals surface area contributed by atoms with Crippen LogP contribution < -0.4 is 5.56 Å². The van der Waals surface area contributed by atoms with Gasteiger partial charge in [-0.05, 0) is 42.5 Å². The molecule has 11 heteroatoms. The van der Waals surface area contributed by atoms with Crippen LogP contribution in [0.5, 0.6) is 0 Å². The van der Waals surface area contributed by atoms with E-state index in [2.05, 4.69) is 25.5 Å². The zero-order valence-electron chi connectivity index (χ0n) is 16.1. The van der Waals surface area contributed by atoms with Crippen LogP contribution in [0.15, 0.2) is 65.5 Å². The highest BCUT2D eigenvalue weighted by Gasteiger charge is 2.13. The van der Waals surface area contributed by atoms with Gasteiger partial charge in [0.2, 0.25) is 0 Å². The Morgan fingerprint density at radius 1 is 0.844 bits per heavy atom. The van der Waals surface area contributed by atoms with E-state index in [1.54, 1.807) is 24.3 Å². The van der Waals surface area contributed by atoms with Gasteiger partial charge in [-0.15, -0.1) is 20.4 Å². The van der Waals surface area contributed by atoms with E-state index in [9.17, 15) is 9.18 Å². The zero-order valence-corrected chi connectivity index (χ0v) is 18.5. The molecular weight excluding hydrogens is 471 g/mol. The Hall–Kier alpha value is -3.34. The Labute approximate surface area is 193 Å². The Morgan fingerprint density at radius 3 is 2.41 bits per heavy atom. The van der Waals surface area contributed by atoms with Crippen LogP contribution in [0, 0.1) is 5.82 Å². The smallest absolute Gasteiger partial charge is 0.267 e. The highest BCUT2D eigenvalue weighted by Crippen LogP contribution is 2.30. The fourth-order valence-corrected chi connectivity index (χ4v) is 4.72. The van der Waals surface area contributed by atoms with Crippen molar-refractivity contribution in [3.8, 4) is 31.8 Å². The Balaban J connectivity index is 1.40. The van der Waals surface area contributed by atoms with Crippen molar-refractivity contribution in [2.45, 2.75) is 6.54 Å². The maximum absolute atomic E-state index is 13.1. The van der Waals surface area contributed by atoms with Crippen LogP contribution in [0.3, 0.4) is 0 Å². The second kappa shape index (κ2) is 8.65. The zero-order chi connectivity index (χ0) is 22.1. The molecule has 0 aliphatic carbocycles. The number of aromatic nitrogens is 6. The maximum Gasteiger partial charge on any atom is 0.267 e. The molecule has 0 aliphatic rings. The minimum absolute atomic E-state index is 0.158. The Bertz CT molecular complexity index is 1460. The first-order chi connectivity index (χ1) is 15.5. The third kappa shape index (κ3) is 4.33. The van der Waals surface area contributed by atoms with Gasteiger partial charge in [-0.1, -0.05) is 46.4 Å². The lowest BCUT2D eigenvalue weighted by Gasteiger charge is -2.02. The molecule has 32 heavy (non-hydrogen) atoms. The van der Waals surface area contributed by atoms with E-state index in [0.29, 0.717) is 30.7 Å². The topological polar surface area (TPSA) is 86.5 Å². The van der Waals surface area contributed by atoms with Crippen molar-refractivity contribution in [3.05, 3.63) is 86.9 Å².